The number of hydrogen-bond donors (Lipinski definition) is 2. The van der Waals surface area contributed by atoms with Crippen molar-refractivity contribution in [3.63, 3.8) is 0 Å². The average molecular weight is 238 g/mol. The van der Waals surface area contributed by atoms with Gasteiger partial charge in [-0.3, -0.25) is 0 Å². The van der Waals surface area contributed by atoms with E-state index in [1.54, 1.807) is 11.8 Å². The highest BCUT2D eigenvalue weighted by atomic mass is 32.2. The van der Waals surface area contributed by atoms with Crippen molar-refractivity contribution < 1.29 is 4.74 Å². The summed E-state index contributed by atoms with van der Waals surface area (Å²) in [7, 11) is 0. The van der Waals surface area contributed by atoms with Gasteiger partial charge in [0, 0.05) is 23.7 Å². The van der Waals surface area contributed by atoms with Gasteiger partial charge in [-0.15, -0.1) is 11.8 Å². The zero-order valence-corrected chi connectivity index (χ0v) is 10.3. The summed E-state index contributed by atoms with van der Waals surface area (Å²) in [6.07, 6.45) is 3.31. The van der Waals surface area contributed by atoms with Crippen molar-refractivity contribution in [1.82, 2.24) is 5.32 Å². The van der Waals surface area contributed by atoms with Crippen LogP contribution in [0.15, 0.2) is 23.1 Å². The number of nitrogens with two attached hydrogens (primary N) is 1. The van der Waals surface area contributed by atoms with Gasteiger partial charge in [-0.25, -0.2) is 0 Å². The standard InChI is InChI=1S/C12H18N2OS/c1-16-12-7-9(2-3-11(12)13)6-10-8-14-4-5-15-10/h2-3,7,10,14H,4-6,8,13H2,1H3. The Kier molecular flexibility index (Phi) is 4.09. The first kappa shape index (κ1) is 11.8. The first-order chi connectivity index (χ1) is 7.79. The van der Waals surface area contributed by atoms with Gasteiger partial charge in [0.15, 0.2) is 0 Å². The Morgan fingerprint density at radius 3 is 3.12 bits per heavy atom. The molecule has 0 saturated carbocycles. The Labute approximate surface area is 101 Å². The molecule has 1 saturated heterocycles. The van der Waals surface area contributed by atoms with E-state index < -0.39 is 0 Å². The molecule has 1 heterocycles. The van der Waals surface area contributed by atoms with Gasteiger partial charge in [0.1, 0.15) is 0 Å². The van der Waals surface area contributed by atoms with E-state index in [9.17, 15) is 0 Å². The minimum absolute atomic E-state index is 0.298. The first-order valence-electron chi connectivity index (χ1n) is 5.54. The van der Waals surface area contributed by atoms with Crippen LogP contribution < -0.4 is 11.1 Å². The van der Waals surface area contributed by atoms with Crippen molar-refractivity contribution in [2.75, 3.05) is 31.7 Å². The van der Waals surface area contributed by atoms with Crippen LogP contribution in [0.25, 0.3) is 0 Å². The topological polar surface area (TPSA) is 47.3 Å². The molecular formula is C12H18N2OS. The molecule has 2 rings (SSSR count). The zero-order chi connectivity index (χ0) is 11.4. The van der Waals surface area contributed by atoms with E-state index in [1.165, 1.54) is 5.56 Å². The van der Waals surface area contributed by atoms with E-state index in [-0.39, 0.29) is 0 Å². The fraction of sp³-hybridized carbons (Fsp3) is 0.500. The van der Waals surface area contributed by atoms with Crippen LogP contribution in [0.2, 0.25) is 0 Å². The quantitative estimate of drug-likeness (QED) is 0.619. The van der Waals surface area contributed by atoms with Gasteiger partial charge in [0.25, 0.3) is 0 Å². The Hall–Kier alpha value is -0.710. The first-order valence-corrected chi connectivity index (χ1v) is 6.77. The van der Waals surface area contributed by atoms with E-state index in [4.69, 9.17) is 10.5 Å². The summed E-state index contributed by atoms with van der Waals surface area (Å²) < 4.78 is 5.69. The van der Waals surface area contributed by atoms with Crippen molar-refractivity contribution in [1.29, 1.82) is 0 Å². The molecule has 1 aliphatic heterocycles. The molecule has 1 aliphatic rings. The van der Waals surface area contributed by atoms with Crippen LogP contribution >= 0.6 is 11.8 Å². The number of ether oxygens (including phenoxy) is 1. The zero-order valence-electron chi connectivity index (χ0n) is 9.53. The number of benzene rings is 1. The minimum Gasteiger partial charge on any atom is -0.398 e. The lowest BCUT2D eigenvalue weighted by molar-refractivity contribution is 0.0292. The summed E-state index contributed by atoms with van der Waals surface area (Å²) in [6.45, 7) is 2.72. The molecule has 0 bridgehead atoms. The summed E-state index contributed by atoms with van der Waals surface area (Å²) in [6, 6.07) is 6.24. The Bertz CT molecular complexity index is 351. The maximum Gasteiger partial charge on any atom is 0.0740 e. The number of rotatable bonds is 3. The minimum atomic E-state index is 0.298. The molecule has 1 atom stereocenters. The van der Waals surface area contributed by atoms with E-state index in [1.807, 2.05) is 12.3 Å². The van der Waals surface area contributed by atoms with E-state index in [0.29, 0.717) is 6.10 Å². The van der Waals surface area contributed by atoms with Crippen molar-refractivity contribution in [3.8, 4) is 0 Å². The van der Waals surface area contributed by atoms with Gasteiger partial charge in [0.05, 0.1) is 12.7 Å². The number of hydrogen-bond acceptors (Lipinski definition) is 4. The van der Waals surface area contributed by atoms with Crippen LogP contribution in [0.1, 0.15) is 5.56 Å². The molecule has 1 unspecified atom stereocenters. The Morgan fingerprint density at radius 2 is 2.44 bits per heavy atom. The second-order valence-electron chi connectivity index (χ2n) is 3.98. The van der Waals surface area contributed by atoms with Crippen LogP contribution in [-0.4, -0.2) is 32.1 Å². The second kappa shape index (κ2) is 5.57. The molecular weight excluding hydrogens is 220 g/mol. The normalized spacial score (nSPS) is 20.9. The Morgan fingerprint density at radius 1 is 1.56 bits per heavy atom. The largest absolute Gasteiger partial charge is 0.398 e. The fourth-order valence-corrected chi connectivity index (χ4v) is 2.47. The Balaban J connectivity index is 2.03. The van der Waals surface area contributed by atoms with Gasteiger partial charge in [-0.05, 0) is 30.4 Å². The number of morpholine rings is 1. The molecule has 16 heavy (non-hydrogen) atoms. The van der Waals surface area contributed by atoms with Crippen LogP contribution in [0, 0.1) is 0 Å². The molecule has 1 aromatic carbocycles. The monoisotopic (exact) mass is 238 g/mol. The van der Waals surface area contributed by atoms with Gasteiger partial charge in [-0.1, -0.05) is 6.07 Å². The molecule has 1 aromatic rings. The molecule has 3 N–H and O–H groups in total. The highest BCUT2D eigenvalue weighted by Gasteiger charge is 2.14. The molecule has 0 aromatic heterocycles. The highest BCUT2D eigenvalue weighted by Crippen LogP contribution is 2.24. The molecule has 0 radical (unpaired) electrons. The lowest BCUT2D eigenvalue weighted by Crippen LogP contribution is -2.39. The number of nitrogens with one attached hydrogen (secondary N) is 1. The summed E-state index contributed by atoms with van der Waals surface area (Å²) in [4.78, 5) is 1.15. The third-order valence-corrected chi connectivity index (χ3v) is 3.56. The van der Waals surface area contributed by atoms with Crippen molar-refractivity contribution >= 4 is 17.4 Å². The van der Waals surface area contributed by atoms with Gasteiger partial charge < -0.3 is 15.8 Å². The predicted octanol–water partition coefficient (Wildman–Crippen LogP) is 1.52. The predicted molar refractivity (Wildman–Crippen MR) is 68.9 cm³/mol. The fourth-order valence-electron chi connectivity index (χ4n) is 1.90. The van der Waals surface area contributed by atoms with E-state index in [2.05, 4.69) is 17.4 Å². The van der Waals surface area contributed by atoms with Crippen LogP contribution in [0.4, 0.5) is 5.69 Å². The van der Waals surface area contributed by atoms with Crippen molar-refractivity contribution in [2.45, 2.75) is 17.4 Å². The summed E-state index contributed by atoms with van der Waals surface area (Å²) in [5.41, 5.74) is 8.03. The molecule has 0 spiro atoms. The smallest absolute Gasteiger partial charge is 0.0740 e. The highest BCUT2D eigenvalue weighted by molar-refractivity contribution is 7.98. The third kappa shape index (κ3) is 2.90. The van der Waals surface area contributed by atoms with Gasteiger partial charge in [-0.2, -0.15) is 0 Å². The lowest BCUT2D eigenvalue weighted by Gasteiger charge is -2.23. The summed E-state index contributed by atoms with van der Waals surface area (Å²) in [5.74, 6) is 0. The van der Waals surface area contributed by atoms with Gasteiger partial charge >= 0.3 is 0 Å². The van der Waals surface area contributed by atoms with Crippen LogP contribution in [0.3, 0.4) is 0 Å². The molecule has 4 heteroatoms. The van der Waals surface area contributed by atoms with Crippen molar-refractivity contribution in [3.05, 3.63) is 23.8 Å². The van der Waals surface area contributed by atoms with Crippen LogP contribution in [0.5, 0.6) is 0 Å². The number of nitrogen functional groups attached to an aromatic ring is 1. The van der Waals surface area contributed by atoms with Crippen molar-refractivity contribution in [2.24, 2.45) is 0 Å². The van der Waals surface area contributed by atoms with Crippen LogP contribution in [-0.2, 0) is 11.2 Å². The number of thioether (sulfide) groups is 1. The average Bonchev–Trinajstić information content (AvgIpc) is 2.33. The number of anilines is 1. The molecule has 88 valence electrons. The molecule has 1 fully saturated rings. The van der Waals surface area contributed by atoms with Gasteiger partial charge in [0.2, 0.25) is 0 Å². The summed E-state index contributed by atoms with van der Waals surface area (Å²) in [5, 5.41) is 3.34. The summed E-state index contributed by atoms with van der Waals surface area (Å²) >= 11 is 1.69. The maximum absolute atomic E-state index is 5.87. The van der Waals surface area contributed by atoms with E-state index in [0.717, 1.165) is 36.7 Å². The third-order valence-electron chi connectivity index (χ3n) is 2.77. The van der Waals surface area contributed by atoms with E-state index >= 15 is 0 Å². The second-order valence-corrected chi connectivity index (χ2v) is 4.83. The maximum atomic E-state index is 5.87. The lowest BCUT2D eigenvalue weighted by atomic mass is 10.1. The molecule has 3 nitrogen and oxygen atoms in total. The molecule has 0 aliphatic carbocycles. The SMILES string of the molecule is CSc1cc(CC2CNCCO2)ccc1N. The molecule has 0 amide bonds.